The fourth-order valence-corrected chi connectivity index (χ4v) is 2.67. The van der Waals surface area contributed by atoms with Crippen LogP contribution in [0.4, 0.5) is 0 Å². The molecule has 0 radical (unpaired) electrons. The third-order valence-corrected chi connectivity index (χ3v) is 4.27. The second-order valence-electron chi connectivity index (χ2n) is 5.56. The van der Waals surface area contributed by atoms with E-state index in [-0.39, 0.29) is 11.8 Å². The number of benzene rings is 2. The lowest BCUT2D eigenvalue weighted by Crippen LogP contribution is -2.49. The van der Waals surface area contributed by atoms with Crippen molar-refractivity contribution >= 4 is 16.7 Å². The zero-order chi connectivity index (χ0) is 13.9. The predicted molar refractivity (Wildman–Crippen MR) is 81.3 cm³/mol. The molecule has 2 aromatic carbocycles. The van der Waals surface area contributed by atoms with Crippen LogP contribution in [0, 0.1) is 11.8 Å². The fourth-order valence-electron chi connectivity index (χ4n) is 2.67. The Morgan fingerprint density at radius 2 is 2.00 bits per heavy atom. The summed E-state index contributed by atoms with van der Waals surface area (Å²) in [6.45, 7) is 4.54. The highest BCUT2D eigenvalue weighted by Gasteiger charge is 2.28. The lowest BCUT2D eigenvalue weighted by atomic mass is 9.88. The predicted octanol–water partition coefficient (Wildman–Crippen LogP) is 2.31. The summed E-state index contributed by atoms with van der Waals surface area (Å²) in [7, 11) is 0. The highest BCUT2D eigenvalue weighted by Crippen LogP contribution is 2.19. The molecule has 0 aromatic heterocycles. The Morgan fingerprint density at radius 3 is 2.75 bits per heavy atom. The maximum absolute atomic E-state index is 12.1. The van der Waals surface area contributed by atoms with Crippen molar-refractivity contribution in [3.63, 3.8) is 0 Å². The second kappa shape index (κ2) is 5.63. The number of carbonyl (C=O) groups excluding carboxylic acids is 1. The standard InChI is InChI=1S/C17H20N2O/c1-12(15-9-18-10-15)17(20)19-11-14-7-4-6-13-5-2-3-8-16(13)14/h2-8,12,15,18H,9-11H2,1H3,(H,19,20). The minimum absolute atomic E-state index is 0.0891. The molecule has 3 heteroatoms. The summed E-state index contributed by atoms with van der Waals surface area (Å²) in [5, 5.41) is 8.72. The number of hydrogen-bond acceptors (Lipinski definition) is 2. The molecular weight excluding hydrogens is 248 g/mol. The first-order chi connectivity index (χ1) is 9.75. The van der Waals surface area contributed by atoms with Gasteiger partial charge < -0.3 is 10.6 Å². The van der Waals surface area contributed by atoms with Gasteiger partial charge in [-0.15, -0.1) is 0 Å². The van der Waals surface area contributed by atoms with Gasteiger partial charge in [0.1, 0.15) is 0 Å². The molecule has 20 heavy (non-hydrogen) atoms. The molecule has 1 saturated heterocycles. The third kappa shape index (κ3) is 2.54. The van der Waals surface area contributed by atoms with Crippen LogP contribution in [0.2, 0.25) is 0 Å². The van der Waals surface area contributed by atoms with Gasteiger partial charge in [0.25, 0.3) is 0 Å². The molecule has 2 aromatic rings. The molecule has 1 atom stereocenters. The minimum Gasteiger partial charge on any atom is -0.352 e. The molecule has 1 aliphatic rings. The molecule has 0 bridgehead atoms. The van der Waals surface area contributed by atoms with Gasteiger partial charge >= 0.3 is 0 Å². The molecule has 0 spiro atoms. The van der Waals surface area contributed by atoms with E-state index in [9.17, 15) is 4.79 Å². The number of carbonyl (C=O) groups is 1. The van der Waals surface area contributed by atoms with Crippen molar-refractivity contribution < 1.29 is 4.79 Å². The first-order valence-corrected chi connectivity index (χ1v) is 7.21. The Labute approximate surface area is 119 Å². The van der Waals surface area contributed by atoms with Crippen LogP contribution in [0.15, 0.2) is 42.5 Å². The lowest BCUT2D eigenvalue weighted by molar-refractivity contribution is -0.126. The lowest BCUT2D eigenvalue weighted by Gasteiger charge is -2.31. The third-order valence-electron chi connectivity index (χ3n) is 4.27. The van der Waals surface area contributed by atoms with E-state index in [2.05, 4.69) is 34.9 Å². The van der Waals surface area contributed by atoms with Crippen LogP contribution < -0.4 is 10.6 Å². The van der Waals surface area contributed by atoms with E-state index in [1.54, 1.807) is 0 Å². The highest BCUT2D eigenvalue weighted by atomic mass is 16.1. The Morgan fingerprint density at radius 1 is 1.25 bits per heavy atom. The summed E-state index contributed by atoms with van der Waals surface area (Å²) in [5.74, 6) is 0.734. The van der Waals surface area contributed by atoms with Crippen LogP contribution in [0.1, 0.15) is 12.5 Å². The van der Waals surface area contributed by atoms with E-state index >= 15 is 0 Å². The van der Waals surface area contributed by atoms with Gasteiger partial charge in [-0.1, -0.05) is 49.4 Å². The molecule has 3 rings (SSSR count). The zero-order valence-corrected chi connectivity index (χ0v) is 11.7. The molecule has 1 fully saturated rings. The molecular formula is C17H20N2O. The molecule has 1 unspecified atom stereocenters. The first kappa shape index (κ1) is 13.1. The molecule has 0 aliphatic carbocycles. The average Bonchev–Trinajstić information content (AvgIpc) is 2.42. The largest absolute Gasteiger partial charge is 0.352 e. The smallest absolute Gasteiger partial charge is 0.223 e. The SMILES string of the molecule is CC(C(=O)NCc1cccc2ccccc12)C1CNC1. The topological polar surface area (TPSA) is 41.1 Å². The molecule has 104 valence electrons. The summed E-state index contributed by atoms with van der Waals surface area (Å²) in [5.41, 5.74) is 1.18. The first-order valence-electron chi connectivity index (χ1n) is 7.21. The molecule has 3 nitrogen and oxygen atoms in total. The van der Waals surface area contributed by atoms with E-state index in [0.717, 1.165) is 13.1 Å². The van der Waals surface area contributed by atoms with Crippen LogP contribution in [0.5, 0.6) is 0 Å². The summed E-state index contributed by atoms with van der Waals surface area (Å²) in [6, 6.07) is 14.5. The Balaban J connectivity index is 1.69. The van der Waals surface area contributed by atoms with Crippen molar-refractivity contribution in [3.8, 4) is 0 Å². The molecule has 1 heterocycles. The summed E-state index contributed by atoms with van der Waals surface area (Å²) in [6.07, 6.45) is 0. The van der Waals surface area contributed by atoms with Crippen molar-refractivity contribution in [2.24, 2.45) is 11.8 Å². The quantitative estimate of drug-likeness (QED) is 0.893. The summed E-state index contributed by atoms with van der Waals surface area (Å²) < 4.78 is 0. The van der Waals surface area contributed by atoms with Crippen molar-refractivity contribution in [2.75, 3.05) is 13.1 Å². The fraction of sp³-hybridized carbons (Fsp3) is 0.353. The molecule has 2 N–H and O–H groups in total. The summed E-state index contributed by atoms with van der Waals surface area (Å²) >= 11 is 0. The number of fused-ring (bicyclic) bond motifs is 1. The second-order valence-corrected chi connectivity index (χ2v) is 5.56. The van der Waals surface area contributed by atoms with Crippen molar-refractivity contribution in [1.29, 1.82) is 0 Å². The summed E-state index contributed by atoms with van der Waals surface area (Å²) in [4.78, 5) is 12.1. The van der Waals surface area contributed by atoms with Crippen LogP contribution >= 0.6 is 0 Å². The zero-order valence-electron chi connectivity index (χ0n) is 11.7. The highest BCUT2D eigenvalue weighted by molar-refractivity contribution is 5.86. The number of hydrogen-bond donors (Lipinski definition) is 2. The maximum Gasteiger partial charge on any atom is 0.223 e. The number of nitrogens with one attached hydrogen (secondary N) is 2. The number of amides is 1. The van der Waals surface area contributed by atoms with Crippen molar-refractivity contribution in [3.05, 3.63) is 48.0 Å². The minimum atomic E-state index is 0.0891. The molecule has 1 aliphatic heterocycles. The van der Waals surface area contributed by atoms with Crippen LogP contribution in [-0.4, -0.2) is 19.0 Å². The number of rotatable bonds is 4. The van der Waals surface area contributed by atoms with Crippen LogP contribution in [-0.2, 0) is 11.3 Å². The van der Waals surface area contributed by atoms with Gasteiger partial charge in [0.2, 0.25) is 5.91 Å². The van der Waals surface area contributed by atoms with Crippen molar-refractivity contribution in [2.45, 2.75) is 13.5 Å². The Kier molecular flexibility index (Phi) is 3.70. The average molecular weight is 268 g/mol. The Bertz CT molecular complexity index is 614. The monoisotopic (exact) mass is 268 g/mol. The van der Waals surface area contributed by atoms with Gasteiger partial charge in [-0.3, -0.25) is 4.79 Å². The van der Waals surface area contributed by atoms with E-state index in [0.29, 0.717) is 12.5 Å². The van der Waals surface area contributed by atoms with Crippen molar-refractivity contribution in [1.82, 2.24) is 10.6 Å². The van der Waals surface area contributed by atoms with E-state index < -0.39 is 0 Å². The van der Waals surface area contributed by atoms with Gasteiger partial charge in [-0.05, 0) is 35.3 Å². The molecule has 0 saturated carbocycles. The van der Waals surface area contributed by atoms with E-state index in [4.69, 9.17) is 0 Å². The van der Waals surface area contributed by atoms with Gasteiger partial charge in [0, 0.05) is 12.5 Å². The normalized spacial score (nSPS) is 16.6. The van der Waals surface area contributed by atoms with Gasteiger partial charge in [0.05, 0.1) is 0 Å². The van der Waals surface area contributed by atoms with Crippen LogP contribution in [0.3, 0.4) is 0 Å². The maximum atomic E-state index is 12.1. The van der Waals surface area contributed by atoms with E-state index in [1.807, 2.05) is 25.1 Å². The van der Waals surface area contributed by atoms with Gasteiger partial charge in [-0.25, -0.2) is 0 Å². The van der Waals surface area contributed by atoms with E-state index in [1.165, 1.54) is 16.3 Å². The Hall–Kier alpha value is -1.87. The van der Waals surface area contributed by atoms with Gasteiger partial charge in [0.15, 0.2) is 0 Å². The van der Waals surface area contributed by atoms with Crippen LogP contribution in [0.25, 0.3) is 10.8 Å². The van der Waals surface area contributed by atoms with Gasteiger partial charge in [-0.2, -0.15) is 0 Å². The molecule has 1 amide bonds.